The Morgan fingerprint density at radius 1 is 1.04 bits per heavy atom. The Labute approximate surface area is 140 Å². The fourth-order valence-corrected chi connectivity index (χ4v) is 3.31. The van der Waals surface area contributed by atoms with Crippen molar-refractivity contribution in [2.75, 3.05) is 19.7 Å². The van der Waals surface area contributed by atoms with Crippen LogP contribution in [0.2, 0.25) is 0 Å². The van der Waals surface area contributed by atoms with Gasteiger partial charge in [-0.25, -0.2) is 4.79 Å². The summed E-state index contributed by atoms with van der Waals surface area (Å²) in [5.41, 5.74) is -1.24. The Kier molecular flexibility index (Phi) is 6.07. The van der Waals surface area contributed by atoms with Crippen molar-refractivity contribution in [2.45, 2.75) is 78.6 Å². The quantitative estimate of drug-likeness (QED) is 0.746. The summed E-state index contributed by atoms with van der Waals surface area (Å²) in [5, 5.41) is 0. The number of carbonyl (C=O) groups is 2. The van der Waals surface area contributed by atoms with Gasteiger partial charge in [-0.2, -0.15) is 0 Å². The molecule has 0 aromatic carbocycles. The van der Waals surface area contributed by atoms with Gasteiger partial charge in [-0.3, -0.25) is 9.69 Å². The molecule has 0 aromatic heterocycles. The van der Waals surface area contributed by atoms with Gasteiger partial charge in [-0.05, 0) is 55.4 Å². The molecule has 1 amide bonds. The first-order valence-electron chi connectivity index (χ1n) is 8.33. The highest BCUT2D eigenvalue weighted by Crippen LogP contribution is 2.28. The van der Waals surface area contributed by atoms with Gasteiger partial charge >= 0.3 is 12.1 Å². The third-order valence-corrected chi connectivity index (χ3v) is 3.99. The third-order valence-electron chi connectivity index (χ3n) is 3.99. The number of nitrogens with zero attached hydrogens (tertiary/aromatic N) is 2. The first-order chi connectivity index (χ1) is 10.4. The maximum Gasteiger partial charge on any atom is 0.410 e. The Balaban J connectivity index is 2.84. The van der Waals surface area contributed by atoms with Crippen LogP contribution in [-0.4, -0.2) is 64.8 Å². The van der Waals surface area contributed by atoms with Crippen LogP contribution in [0.4, 0.5) is 4.79 Å². The SMILES string of the molecule is CCOC(=O)C(C)(C)N1[C@H](C)CN(C(=O)OC(C)(C)C)C[C@@H]1C. The number of hydrogen-bond donors (Lipinski definition) is 0. The number of rotatable bonds is 3. The number of hydrogen-bond acceptors (Lipinski definition) is 5. The van der Waals surface area contributed by atoms with Gasteiger partial charge < -0.3 is 14.4 Å². The summed E-state index contributed by atoms with van der Waals surface area (Å²) >= 11 is 0. The summed E-state index contributed by atoms with van der Waals surface area (Å²) in [5.74, 6) is -0.232. The number of ether oxygens (including phenoxy) is 2. The molecule has 0 N–H and O–H groups in total. The average Bonchev–Trinajstić information content (AvgIpc) is 2.35. The first kappa shape index (κ1) is 19.7. The van der Waals surface area contributed by atoms with E-state index in [1.54, 1.807) is 11.8 Å². The first-order valence-corrected chi connectivity index (χ1v) is 8.33. The molecule has 134 valence electrons. The molecule has 0 unspecified atom stereocenters. The fraction of sp³-hybridized carbons (Fsp3) is 0.882. The van der Waals surface area contributed by atoms with Gasteiger partial charge in [0.15, 0.2) is 0 Å². The maximum absolute atomic E-state index is 12.3. The van der Waals surface area contributed by atoms with E-state index in [0.717, 1.165) is 0 Å². The molecule has 1 aliphatic heterocycles. The largest absolute Gasteiger partial charge is 0.465 e. The molecule has 1 rings (SSSR count). The van der Waals surface area contributed by atoms with Crippen molar-refractivity contribution >= 4 is 12.1 Å². The van der Waals surface area contributed by atoms with E-state index in [-0.39, 0.29) is 24.1 Å². The highest BCUT2D eigenvalue weighted by molar-refractivity contribution is 5.80. The van der Waals surface area contributed by atoms with Gasteiger partial charge in [0.05, 0.1) is 6.61 Å². The van der Waals surface area contributed by atoms with Crippen molar-refractivity contribution in [3.63, 3.8) is 0 Å². The van der Waals surface area contributed by atoms with Crippen LogP contribution in [0, 0.1) is 0 Å². The molecule has 1 heterocycles. The molecular formula is C17H32N2O4. The monoisotopic (exact) mass is 328 g/mol. The standard InChI is InChI=1S/C17H32N2O4/c1-9-22-14(20)17(7,8)19-12(2)10-18(11-13(19)3)15(21)23-16(4,5)6/h12-13H,9-11H2,1-8H3/t12-,13+. The molecule has 0 bridgehead atoms. The van der Waals surface area contributed by atoms with Gasteiger partial charge in [0.25, 0.3) is 0 Å². The van der Waals surface area contributed by atoms with Crippen molar-refractivity contribution in [1.29, 1.82) is 0 Å². The summed E-state index contributed by atoms with van der Waals surface area (Å²) in [6.07, 6.45) is -0.301. The second-order valence-corrected chi connectivity index (χ2v) is 7.77. The van der Waals surface area contributed by atoms with Crippen LogP contribution in [0.15, 0.2) is 0 Å². The molecule has 0 aromatic rings. The molecule has 1 saturated heterocycles. The minimum absolute atomic E-state index is 0.0330. The number of carbonyl (C=O) groups excluding carboxylic acids is 2. The zero-order valence-electron chi connectivity index (χ0n) is 15.8. The molecular weight excluding hydrogens is 296 g/mol. The molecule has 2 atom stereocenters. The Hall–Kier alpha value is -1.30. The predicted molar refractivity (Wildman–Crippen MR) is 89.3 cm³/mol. The predicted octanol–water partition coefficient (Wildman–Crippen LogP) is 2.66. The van der Waals surface area contributed by atoms with Crippen molar-refractivity contribution in [2.24, 2.45) is 0 Å². The summed E-state index contributed by atoms with van der Waals surface area (Å²) in [7, 11) is 0. The molecule has 0 spiro atoms. The number of amides is 1. The molecule has 1 aliphatic rings. The Morgan fingerprint density at radius 3 is 1.91 bits per heavy atom. The second-order valence-electron chi connectivity index (χ2n) is 7.77. The van der Waals surface area contributed by atoms with Crippen LogP contribution in [-0.2, 0) is 14.3 Å². The van der Waals surface area contributed by atoms with Gasteiger partial charge in [0, 0.05) is 25.2 Å². The van der Waals surface area contributed by atoms with Crippen LogP contribution >= 0.6 is 0 Å². The van der Waals surface area contributed by atoms with Crippen LogP contribution in [0.5, 0.6) is 0 Å². The van der Waals surface area contributed by atoms with Gasteiger partial charge in [-0.1, -0.05) is 0 Å². The minimum Gasteiger partial charge on any atom is -0.465 e. The molecule has 0 saturated carbocycles. The van der Waals surface area contributed by atoms with Crippen molar-refractivity contribution < 1.29 is 19.1 Å². The second kappa shape index (κ2) is 7.07. The molecule has 0 aliphatic carbocycles. The van der Waals surface area contributed by atoms with Crippen LogP contribution in [0.25, 0.3) is 0 Å². The van der Waals surface area contributed by atoms with Gasteiger partial charge in [0.1, 0.15) is 11.1 Å². The van der Waals surface area contributed by atoms with E-state index in [1.165, 1.54) is 0 Å². The summed E-state index contributed by atoms with van der Waals surface area (Å²) < 4.78 is 10.7. The van der Waals surface area contributed by atoms with E-state index in [1.807, 2.05) is 48.5 Å². The Morgan fingerprint density at radius 2 is 1.52 bits per heavy atom. The lowest BCUT2D eigenvalue weighted by atomic mass is 9.95. The fourth-order valence-electron chi connectivity index (χ4n) is 3.31. The molecule has 0 radical (unpaired) electrons. The van der Waals surface area contributed by atoms with Crippen LogP contribution in [0.3, 0.4) is 0 Å². The van der Waals surface area contributed by atoms with Crippen molar-refractivity contribution in [3.8, 4) is 0 Å². The van der Waals surface area contributed by atoms with E-state index >= 15 is 0 Å². The molecule has 23 heavy (non-hydrogen) atoms. The third kappa shape index (κ3) is 4.83. The van der Waals surface area contributed by atoms with Crippen molar-refractivity contribution in [3.05, 3.63) is 0 Å². The zero-order valence-corrected chi connectivity index (χ0v) is 15.8. The number of piperazine rings is 1. The summed E-state index contributed by atoms with van der Waals surface area (Å²) in [4.78, 5) is 28.4. The molecule has 1 fully saturated rings. The van der Waals surface area contributed by atoms with E-state index in [0.29, 0.717) is 19.7 Å². The van der Waals surface area contributed by atoms with Gasteiger partial charge in [-0.15, -0.1) is 0 Å². The summed E-state index contributed by atoms with van der Waals surface area (Å²) in [6.45, 7) is 16.6. The molecule has 6 heteroatoms. The highest BCUT2D eigenvalue weighted by atomic mass is 16.6. The molecule has 6 nitrogen and oxygen atoms in total. The lowest BCUT2D eigenvalue weighted by molar-refractivity contribution is -0.161. The number of esters is 1. The van der Waals surface area contributed by atoms with E-state index in [2.05, 4.69) is 4.90 Å². The highest BCUT2D eigenvalue weighted by Gasteiger charge is 2.45. The van der Waals surface area contributed by atoms with Crippen molar-refractivity contribution in [1.82, 2.24) is 9.80 Å². The lowest BCUT2D eigenvalue weighted by Crippen LogP contribution is -2.66. The van der Waals surface area contributed by atoms with E-state index in [4.69, 9.17) is 9.47 Å². The van der Waals surface area contributed by atoms with Gasteiger partial charge in [0.2, 0.25) is 0 Å². The normalized spacial score (nSPS) is 23.6. The topological polar surface area (TPSA) is 59.1 Å². The zero-order chi connectivity index (χ0) is 18.0. The van der Waals surface area contributed by atoms with E-state index < -0.39 is 11.1 Å². The average molecular weight is 328 g/mol. The maximum atomic E-state index is 12.3. The smallest absolute Gasteiger partial charge is 0.410 e. The van der Waals surface area contributed by atoms with Crippen LogP contribution in [0.1, 0.15) is 55.4 Å². The summed E-state index contributed by atoms with van der Waals surface area (Å²) in [6, 6.07) is 0.0661. The minimum atomic E-state index is -0.727. The van der Waals surface area contributed by atoms with E-state index in [9.17, 15) is 9.59 Å². The lowest BCUT2D eigenvalue weighted by Gasteiger charge is -2.50. The Bertz CT molecular complexity index is 430. The van der Waals surface area contributed by atoms with Crippen LogP contribution < -0.4 is 0 Å².